The number of aromatic nitrogens is 2. The van der Waals surface area contributed by atoms with E-state index in [9.17, 15) is 18.0 Å². The summed E-state index contributed by atoms with van der Waals surface area (Å²) in [7, 11) is -3.97. The third-order valence-corrected chi connectivity index (χ3v) is 5.73. The lowest BCUT2D eigenvalue weighted by molar-refractivity contribution is -0.126. The molecule has 1 amide bonds. The normalized spacial score (nSPS) is 16.2. The SMILES string of the molecule is CC(C)C(=O)NS(=O)(=O)c1cnc(N2CCC(C(=O)C(C)C)CC2)nc1. The first-order chi connectivity index (χ1) is 12.1. The van der Waals surface area contributed by atoms with E-state index >= 15 is 0 Å². The smallest absolute Gasteiger partial charge is 0.267 e. The van der Waals surface area contributed by atoms with E-state index in [2.05, 4.69) is 9.97 Å². The van der Waals surface area contributed by atoms with Gasteiger partial charge in [0.1, 0.15) is 10.7 Å². The van der Waals surface area contributed by atoms with Crippen molar-refractivity contribution in [3.8, 4) is 0 Å². The maximum absolute atomic E-state index is 12.2. The number of rotatable bonds is 6. The van der Waals surface area contributed by atoms with Crippen LogP contribution in [0.15, 0.2) is 17.3 Å². The van der Waals surface area contributed by atoms with Gasteiger partial charge in [0.25, 0.3) is 10.0 Å². The maximum atomic E-state index is 12.2. The Labute approximate surface area is 154 Å². The Morgan fingerprint density at radius 3 is 2.08 bits per heavy atom. The van der Waals surface area contributed by atoms with Crippen LogP contribution in [0.5, 0.6) is 0 Å². The van der Waals surface area contributed by atoms with E-state index in [1.807, 2.05) is 23.5 Å². The first kappa shape index (κ1) is 20.3. The number of hydrogen-bond acceptors (Lipinski definition) is 7. The van der Waals surface area contributed by atoms with Crippen molar-refractivity contribution in [2.75, 3.05) is 18.0 Å². The Morgan fingerprint density at radius 1 is 1.08 bits per heavy atom. The predicted octanol–water partition coefficient (Wildman–Crippen LogP) is 1.38. The van der Waals surface area contributed by atoms with Gasteiger partial charge in [-0.1, -0.05) is 27.7 Å². The van der Waals surface area contributed by atoms with Crippen LogP contribution < -0.4 is 9.62 Å². The number of nitrogens with one attached hydrogen (secondary N) is 1. The van der Waals surface area contributed by atoms with Crippen LogP contribution >= 0.6 is 0 Å². The second-order valence-corrected chi connectivity index (χ2v) is 8.84. The van der Waals surface area contributed by atoms with E-state index in [0.717, 1.165) is 12.8 Å². The van der Waals surface area contributed by atoms with Crippen molar-refractivity contribution in [3.63, 3.8) is 0 Å². The van der Waals surface area contributed by atoms with Crippen molar-refractivity contribution < 1.29 is 18.0 Å². The third-order valence-electron chi connectivity index (χ3n) is 4.43. The summed E-state index contributed by atoms with van der Waals surface area (Å²) in [5.41, 5.74) is 0. The number of ketones is 1. The van der Waals surface area contributed by atoms with Crippen molar-refractivity contribution in [2.45, 2.75) is 45.4 Å². The molecule has 9 heteroatoms. The van der Waals surface area contributed by atoms with Crippen LogP contribution in [0, 0.1) is 17.8 Å². The Kier molecular flexibility index (Phi) is 6.33. The van der Waals surface area contributed by atoms with Gasteiger partial charge in [0.15, 0.2) is 0 Å². The molecule has 1 aromatic rings. The predicted molar refractivity (Wildman–Crippen MR) is 97.0 cm³/mol. The minimum Gasteiger partial charge on any atom is -0.341 e. The summed E-state index contributed by atoms with van der Waals surface area (Å²) >= 11 is 0. The highest BCUT2D eigenvalue weighted by Gasteiger charge is 2.28. The Bertz CT molecular complexity index is 751. The van der Waals surface area contributed by atoms with Crippen LogP contribution in [-0.2, 0) is 19.6 Å². The molecule has 0 saturated carbocycles. The Balaban J connectivity index is 2.02. The van der Waals surface area contributed by atoms with E-state index in [0.29, 0.717) is 19.0 Å². The number of Topliss-reactive ketones (excluding diaryl/α,β-unsaturated/α-hetero) is 1. The first-order valence-electron chi connectivity index (χ1n) is 8.79. The van der Waals surface area contributed by atoms with Gasteiger partial charge >= 0.3 is 0 Å². The minimum absolute atomic E-state index is 0.0355. The average Bonchev–Trinajstić information content (AvgIpc) is 2.60. The van der Waals surface area contributed by atoms with Gasteiger partial charge < -0.3 is 4.90 Å². The summed E-state index contributed by atoms with van der Waals surface area (Å²) in [6.07, 6.45) is 3.88. The lowest BCUT2D eigenvalue weighted by Gasteiger charge is -2.31. The average molecular weight is 382 g/mol. The minimum atomic E-state index is -3.97. The number of carbonyl (C=O) groups is 2. The Hall–Kier alpha value is -2.03. The van der Waals surface area contributed by atoms with Crippen LogP contribution in [0.2, 0.25) is 0 Å². The van der Waals surface area contributed by atoms with E-state index in [4.69, 9.17) is 0 Å². The van der Waals surface area contributed by atoms with Crippen molar-refractivity contribution in [1.29, 1.82) is 0 Å². The van der Waals surface area contributed by atoms with Crippen LogP contribution in [0.4, 0.5) is 5.95 Å². The lowest BCUT2D eigenvalue weighted by Crippen LogP contribution is -2.38. The quantitative estimate of drug-likeness (QED) is 0.791. The fraction of sp³-hybridized carbons (Fsp3) is 0.647. The highest BCUT2D eigenvalue weighted by Crippen LogP contribution is 2.23. The summed E-state index contributed by atoms with van der Waals surface area (Å²) in [5.74, 6) is -0.209. The van der Waals surface area contributed by atoms with E-state index in [1.54, 1.807) is 13.8 Å². The molecule has 0 spiro atoms. The molecule has 1 aliphatic rings. The van der Waals surface area contributed by atoms with Gasteiger partial charge in [0.05, 0.1) is 12.4 Å². The molecule has 0 aliphatic carbocycles. The summed E-state index contributed by atoms with van der Waals surface area (Å²) in [6.45, 7) is 8.35. The van der Waals surface area contributed by atoms with Crippen molar-refractivity contribution in [1.82, 2.24) is 14.7 Å². The standard InChI is InChI=1S/C17H26N4O4S/c1-11(2)15(22)13-5-7-21(8-6-13)17-18-9-14(10-19-17)26(24,25)20-16(23)12(3)4/h9-13H,5-8H2,1-4H3,(H,20,23). The fourth-order valence-corrected chi connectivity index (χ4v) is 3.76. The molecule has 0 bridgehead atoms. The highest BCUT2D eigenvalue weighted by molar-refractivity contribution is 7.90. The molecule has 8 nitrogen and oxygen atoms in total. The molecular formula is C17H26N4O4S. The van der Waals surface area contributed by atoms with Gasteiger partial charge in [-0.2, -0.15) is 0 Å². The van der Waals surface area contributed by atoms with Gasteiger partial charge in [-0.15, -0.1) is 0 Å². The van der Waals surface area contributed by atoms with Gasteiger partial charge in [-0.05, 0) is 12.8 Å². The first-order valence-corrected chi connectivity index (χ1v) is 10.3. The number of hydrogen-bond donors (Lipinski definition) is 1. The highest BCUT2D eigenvalue weighted by atomic mass is 32.2. The number of nitrogens with zero attached hydrogens (tertiary/aromatic N) is 3. The zero-order valence-electron chi connectivity index (χ0n) is 15.6. The number of piperidine rings is 1. The molecule has 2 heterocycles. The molecule has 144 valence electrons. The molecule has 1 aromatic heterocycles. The summed E-state index contributed by atoms with van der Waals surface area (Å²) in [5, 5.41) is 0. The molecule has 26 heavy (non-hydrogen) atoms. The molecule has 1 N–H and O–H groups in total. The van der Waals surface area contributed by atoms with Crippen molar-refractivity contribution in [2.24, 2.45) is 17.8 Å². The number of amides is 1. The molecule has 0 unspecified atom stereocenters. The molecule has 0 atom stereocenters. The number of anilines is 1. The monoisotopic (exact) mass is 382 g/mol. The molecule has 2 rings (SSSR count). The second-order valence-electron chi connectivity index (χ2n) is 7.16. The number of carbonyl (C=O) groups excluding carboxylic acids is 2. The zero-order chi connectivity index (χ0) is 19.5. The third kappa shape index (κ3) is 4.78. The maximum Gasteiger partial charge on any atom is 0.267 e. The van der Waals surface area contributed by atoms with E-state index in [1.165, 1.54) is 12.4 Å². The van der Waals surface area contributed by atoms with Crippen LogP contribution in [0.25, 0.3) is 0 Å². The van der Waals surface area contributed by atoms with Gasteiger partial charge in [0, 0.05) is 30.8 Å². The molecule has 1 saturated heterocycles. The summed E-state index contributed by atoms with van der Waals surface area (Å²) in [4.78, 5) is 33.7. The largest absolute Gasteiger partial charge is 0.341 e. The van der Waals surface area contributed by atoms with Crippen molar-refractivity contribution in [3.05, 3.63) is 12.4 Å². The zero-order valence-corrected chi connectivity index (χ0v) is 16.4. The second kappa shape index (κ2) is 8.11. The topological polar surface area (TPSA) is 109 Å². The molecule has 1 fully saturated rings. The lowest BCUT2D eigenvalue weighted by atomic mass is 9.87. The summed E-state index contributed by atoms with van der Waals surface area (Å²) < 4.78 is 26.3. The van der Waals surface area contributed by atoms with Gasteiger partial charge in [-0.25, -0.2) is 23.1 Å². The van der Waals surface area contributed by atoms with Crippen LogP contribution in [0.1, 0.15) is 40.5 Å². The van der Waals surface area contributed by atoms with E-state index in [-0.39, 0.29) is 22.5 Å². The molecule has 0 aromatic carbocycles. The number of sulfonamides is 1. The van der Waals surface area contributed by atoms with E-state index < -0.39 is 21.8 Å². The molecule has 1 aliphatic heterocycles. The van der Waals surface area contributed by atoms with Crippen LogP contribution in [-0.4, -0.2) is 43.2 Å². The van der Waals surface area contributed by atoms with Gasteiger partial charge in [0.2, 0.25) is 11.9 Å². The van der Waals surface area contributed by atoms with Crippen molar-refractivity contribution >= 4 is 27.7 Å². The summed E-state index contributed by atoms with van der Waals surface area (Å²) in [6, 6.07) is 0. The fourth-order valence-electron chi connectivity index (χ4n) is 2.76. The molecule has 0 radical (unpaired) electrons. The Morgan fingerprint density at radius 2 is 1.62 bits per heavy atom. The van der Waals surface area contributed by atoms with Crippen LogP contribution in [0.3, 0.4) is 0 Å². The molecular weight excluding hydrogens is 356 g/mol. The van der Waals surface area contributed by atoms with Gasteiger partial charge in [-0.3, -0.25) is 9.59 Å².